The SMILES string of the molecule is C=CCN1C(=O)[C@@]2(O[C@@H](CC(=O)N(CCO)Cc3ccccc3)C[C@H]2C)c2cc(I)ccc21. The average Bonchev–Trinajstić information content (AvgIpc) is 3.24. The summed E-state index contributed by atoms with van der Waals surface area (Å²) in [5, 5.41) is 9.50. The fourth-order valence-electron chi connectivity index (χ4n) is 5.02. The Hall–Kier alpha value is -2.23. The molecular formula is C26H29IN2O4. The lowest BCUT2D eigenvalue weighted by atomic mass is 9.83. The minimum Gasteiger partial charge on any atom is -0.395 e. The number of carbonyl (C=O) groups is 2. The summed E-state index contributed by atoms with van der Waals surface area (Å²) in [6, 6.07) is 15.7. The molecule has 2 aliphatic heterocycles. The van der Waals surface area contributed by atoms with Crippen LogP contribution in [0.25, 0.3) is 0 Å². The molecule has 1 saturated heterocycles. The number of aliphatic hydroxyl groups excluding tert-OH is 1. The van der Waals surface area contributed by atoms with Crippen LogP contribution in [-0.2, 0) is 26.5 Å². The summed E-state index contributed by atoms with van der Waals surface area (Å²) in [5.74, 6) is -0.244. The molecule has 0 aromatic heterocycles. The first-order valence-electron chi connectivity index (χ1n) is 11.2. The molecule has 2 aromatic rings. The predicted molar refractivity (Wildman–Crippen MR) is 136 cm³/mol. The lowest BCUT2D eigenvalue weighted by Gasteiger charge is -2.28. The van der Waals surface area contributed by atoms with Crippen LogP contribution < -0.4 is 4.90 Å². The highest BCUT2D eigenvalue weighted by molar-refractivity contribution is 14.1. The van der Waals surface area contributed by atoms with Crippen LogP contribution in [0.1, 0.15) is 30.9 Å². The molecule has 3 atom stereocenters. The van der Waals surface area contributed by atoms with E-state index in [1.165, 1.54) is 0 Å². The van der Waals surface area contributed by atoms with E-state index in [1.54, 1.807) is 15.9 Å². The van der Waals surface area contributed by atoms with Crippen molar-refractivity contribution in [3.8, 4) is 0 Å². The van der Waals surface area contributed by atoms with Crippen LogP contribution in [0.5, 0.6) is 0 Å². The van der Waals surface area contributed by atoms with Crippen molar-refractivity contribution in [2.75, 3.05) is 24.6 Å². The molecule has 4 rings (SSSR count). The third-order valence-electron chi connectivity index (χ3n) is 6.53. The molecule has 2 aliphatic rings. The second kappa shape index (κ2) is 9.95. The minimum atomic E-state index is -1.08. The van der Waals surface area contributed by atoms with Gasteiger partial charge in [0.1, 0.15) is 0 Å². The Bertz CT molecular complexity index is 1040. The van der Waals surface area contributed by atoms with Crippen molar-refractivity contribution in [2.24, 2.45) is 5.92 Å². The van der Waals surface area contributed by atoms with Gasteiger partial charge in [-0.1, -0.05) is 43.3 Å². The summed E-state index contributed by atoms with van der Waals surface area (Å²) in [6.45, 7) is 6.82. The van der Waals surface area contributed by atoms with Crippen molar-refractivity contribution in [1.82, 2.24) is 4.90 Å². The summed E-state index contributed by atoms with van der Waals surface area (Å²) in [4.78, 5) is 30.2. The van der Waals surface area contributed by atoms with Gasteiger partial charge in [-0.2, -0.15) is 0 Å². The second-order valence-electron chi connectivity index (χ2n) is 8.71. The lowest BCUT2D eigenvalue weighted by molar-refractivity contribution is -0.149. The summed E-state index contributed by atoms with van der Waals surface area (Å²) in [5.41, 5.74) is 1.66. The molecule has 0 saturated carbocycles. The normalized spacial score (nSPS) is 23.7. The largest absolute Gasteiger partial charge is 0.395 e. The van der Waals surface area contributed by atoms with Crippen LogP contribution in [0.2, 0.25) is 0 Å². The quantitative estimate of drug-likeness (QED) is 0.394. The highest BCUT2D eigenvalue weighted by Crippen LogP contribution is 2.53. The van der Waals surface area contributed by atoms with E-state index in [-0.39, 0.29) is 43.4 Å². The smallest absolute Gasteiger partial charge is 0.264 e. The van der Waals surface area contributed by atoms with Crippen LogP contribution in [0.3, 0.4) is 0 Å². The fraction of sp³-hybridized carbons (Fsp3) is 0.385. The van der Waals surface area contributed by atoms with Crippen molar-refractivity contribution in [2.45, 2.75) is 38.0 Å². The molecule has 7 heteroatoms. The van der Waals surface area contributed by atoms with Gasteiger partial charge in [0, 0.05) is 34.7 Å². The van der Waals surface area contributed by atoms with Gasteiger partial charge in [0.2, 0.25) is 5.91 Å². The first-order chi connectivity index (χ1) is 15.9. The fourth-order valence-corrected chi connectivity index (χ4v) is 5.51. The predicted octanol–water partition coefficient (Wildman–Crippen LogP) is 3.86. The monoisotopic (exact) mass is 560 g/mol. The van der Waals surface area contributed by atoms with E-state index < -0.39 is 5.60 Å². The Labute approximate surface area is 208 Å². The van der Waals surface area contributed by atoms with Crippen molar-refractivity contribution >= 4 is 40.1 Å². The summed E-state index contributed by atoms with van der Waals surface area (Å²) < 4.78 is 7.54. The molecule has 6 nitrogen and oxygen atoms in total. The van der Waals surface area contributed by atoms with Crippen LogP contribution in [0.4, 0.5) is 5.69 Å². The highest BCUT2D eigenvalue weighted by Gasteiger charge is 2.60. The summed E-state index contributed by atoms with van der Waals surface area (Å²) >= 11 is 2.25. The number of hydrogen-bond donors (Lipinski definition) is 1. The number of carbonyl (C=O) groups excluding carboxylic acids is 2. The van der Waals surface area contributed by atoms with Gasteiger partial charge in [0.15, 0.2) is 5.60 Å². The molecule has 1 fully saturated rings. The molecule has 2 heterocycles. The third-order valence-corrected chi connectivity index (χ3v) is 7.20. The maximum Gasteiger partial charge on any atom is 0.264 e. The molecule has 2 amide bonds. The molecule has 0 radical (unpaired) electrons. The topological polar surface area (TPSA) is 70.1 Å². The molecule has 174 valence electrons. The van der Waals surface area contributed by atoms with Gasteiger partial charge < -0.3 is 19.6 Å². The Kier molecular flexibility index (Phi) is 7.21. The number of fused-ring (bicyclic) bond motifs is 2. The van der Waals surface area contributed by atoms with Crippen molar-refractivity contribution in [3.05, 3.63) is 75.9 Å². The summed E-state index contributed by atoms with van der Waals surface area (Å²) in [6.07, 6.45) is 2.13. The average molecular weight is 560 g/mol. The van der Waals surface area contributed by atoms with Gasteiger partial charge in [0.25, 0.3) is 5.91 Å². The number of amides is 2. The van der Waals surface area contributed by atoms with Crippen LogP contribution in [0, 0.1) is 9.49 Å². The Balaban J connectivity index is 1.56. The molecule has 2 aromatic carbocycles. The van der Waals surface area contributed by atoms with Gasteiger partial charge in [-0.05, 0) is 52.8 Å². The maximum atomic E-state index is 13.6. The van der Waals surface area contributed by atoms with Gasteiger partial charge >= 0.3 is 0 Å². The van der Waals surface area contributed by atoms with Crippen molar-refractivity contribution < 1.29 is 19.4 Å². The minimum absolute atomic E-state index is 0.0741. The number of anilines is 1. The second-order valence-corrected chi connectivity index (χ2v) is 9.95. The number of benzene rings is 2. The van der Waals surface area contributed by atoms with Gasteiger partial charge in [-0.3, -0.25) is 9.59 Å². The zero-order valence-electron chi connectivity index (χ0n) is 18.7. The summed E-state index contributed by atoms with van der Waals surface area (Å²) in [7, 11) is 0. The number of rotatable bonds is 8. The van der Waals surface area contributed by atoms with E-state index in [0.717, 1.165) is 20.4 Å². The first-order valence-corrected chi connectivity index (χ1v) is 12.3. The van der Waals surface area contributed by atoms with E-state index in [2.05, 4.69) is 29.2 Å². The van der Waals surface area contributed by atoms with E-state index in [9.17, 15) is 14.7 Å². The Morgan fingerprint density at radius 3 is 2.79 bits per heavy atom. The highest BCUT2D eigenvalue weighted by atomic mass is 127. The van der Waals surface area contributed by atoms with E-state index in [0.29, 0.717) is 19.5 Å². The Morgan fingerprint density at radius 2 is 2.09 bits per heavy atom. The van der Waals surface area contributed by atoms with Crippen molar-refractivity contribution in [1.29, 1.82) is 0 Å². The molecule has 1 spiro atoms. The number of nitrogens with zero attached hydrogens (tertiary/aromatic N) is 2. The van der Waals surface area contributed by atoms with Crippen LogP contribution >= 0.6 is 22.6 Å². The van der Waals surface area contributed by atoms with Crippen molar-refractivity contribution in [3.63, 3.8) is 0 Å². The molecule has 33 heavy (non-hydrogen) atoms. The number of hydrogen-bond acceptors (Lipinski definition) is 4. The Morgan fingerprint density at radius 1 is 1.33 bits per heavy atom. The molecular weight excluding hydrogens is 531 g/mol. The lowest BCUT2D eigenvalue weighted by Crippen LogP contribution is -2.44. The number of aliphatic hydroxyl groups is 1. The van der Waals surface area contributed by atoms with Crippen LogP contribution in [-0.4, -0.2) is 47.6 Å². The first kappa shape index (κ1) is 23.9. The zero-order valence-corrected chi connectivity index (χ0v) is 20.9. The van der Waals surface area contributed by atoms with Crippen LogP contribution in [0.15, 0.2) is 61.2 Å². The maximum absolute atomic E-state index is 13.6. The standard InChI is InChI=1S/C26H29IN2O4/c1-3-11-29-23-10-9-20(27)15-22(23)26(25(29)32)18(2)14-21(33-26)16-24(31)28(12-13-30)17-19-7-5-4-6-8-19/h3-10,15,18,21,30H,1,11-14,16-17H2,2H3/t18-,21-,26+/m1/s1. The zero-order chi connectivity index (χ0) is 23.6. The van der Waals surface area contributed by atoms with Gasteiger partial charge in [-0.25, -0.2) is 0 Å². The van der Waals surface area contributed by atoms with E-state index in [4.69, 9.17) is 4.74 Å². The third kappa shape index (κ3) is 4.46. The number of ether oxygens (including phenoxy) is 1. The van der Waals surface area contributed by atoms with E-state index in [1.807, 2.05) is 55.5 Å². The molecule has 0 unspecified atom stereocenters. The van der Waals surface area contributed by atoms with E-state index >= 15 is 0 Å². The number of halogens is 1. The molecule has 0 bridgehead atoms. The van der Waals surface area contributed by atoms with Gasteiger partial charge in [0.05, 0.1) is 24.8 Å². The van der Waals surface area contributed by atoms with Gasteiger partial charge in [-0.15, -0.1) is 6.58 Å². The molecule has 0 aliphatic carbocycles. The molecule has 1 N–H and O–H groups in total.